The zero-order chi connectivity index (χ0) is 27.7. The van der Waals surface area contributed by atoms with Gasteiger partial charge < -0.3 is 4.90 Å². The number of para-hydroxylation sites is 2. The van der Waals surface area contributed by atoms with E-state index in [2.05, 4.69) is 157 Å². The van der Waals surface area contributed by atoms with Gasteiger partial charge in [0.05, 0.1) is 16.8 Å². The monoisotopic (exact) mass is 535 g/mol. The molecule has 0 bridgehead atoms. The SMILES string of the molecule is C1=CCCC(N2c3ccccc3C3(c4ccccc4-c4cccc(-c5ccc6ccccc6c5)c43)c3ccccc32)=C1. The minimum Gasteiger partial charge on any atom is -0.314 e. The van der Waals surface area contributed by atoms with Gasteiger partial charge in [0.1, 0.15) is 0 Å². The highest BCUT2D eigenvalue weighted by Gasteiger charge is 2.52. The lowest BCUT2D eigenvalue weighted by atomic mass is 9.63. The van der Waals surface area contributed by atoms with Crippen LogP contribution in [0.5, 0.6) is 0 Å². The number of hydrogen-bond donors (Lipinski definition) is 0. The van der Waals surface area contributed by atoms with Crippen molar-refractivity contribution in [2.45, 2.75) is 18.3 Å². The van der Waals surface area contributed by atoms with Crippen molar-refractivity contribution < 1.29 is 0 Å². The molecule has 0 aromatic heterocycles. The average Bonchev–Trinajstić information content (AvgIpc) is 3.36. The molecule has 0 atom stereocenters. The lowest BCUT2D eigenvalue weighted by Crippen LogP contribution is -2.37. The number of anilines is 2. The van der Waals surface area contributed by atoms with Crippen LogP contribution >= 0.6 is 0 Å². The Balaban J connectivity index is 1.43. The van der Waals surface area contributed by atoms with Crippen LogP contribution in [0.3, 0.4) is 0 Å². The second-order valence-corrected chi connectivity index (χ2v) is 11.6. The zero-order valence-electron chi connectivity index (χ0n) is 23.3. The molecule has 0 saturated carbocycles. The van der Waals surface area contributed by atoms with Gasteiger partial charge >= 0.3 is 0 Å². The lowest BCUT2D eigenvalue weighted by Gasteiger charge is -2.46. The molecule has 1 aliphatic heterocycles. The fourth-order valence-corrected chi connectivity index (χ4v) is 7.85. The van der Waals surface area contributed by atoms with Crippen LogP contribution in [-0.2, 0) is 5.41 Å². The first-order chi connectivity index (χ1) is 20.9. The summed E-state index contributed by atoms with van der Waals surface area (Å²) < 4.78 is 0. The number of rotatable bonds is 2. The molecule has 0 fully saturated rings. The Morgan fingerprint density at radius 3 is 1.93 bits per heavy atom. The van der Waals surface area contributed by atoms with E-state index in [-0.39, 0.29) is 0 Å². The van der Waals surface area contributed by atoms with Gasteiger partial charge in [-0.1, -0.05) is 127 Å². The molecule has 2 aliphatic carbocycles. The highest BCUT2D eigenvalue weighted by Crippen LogP contribution is 2.64. The molecule has 0 amide bonds. The Labute approximate surface area is 246 Å². The molecule has 0 N–H and O–H groups in total. The normalized spacial score (nSPS) is 15.6. The maximum absolute atomic E-state index is 2.53. The lowest BCUT2D eigenvalue weighted by molar-refractivity contribution is 0.743. The van der Waals surface area contributed by atoms with Gasteiger partial charge in [-0.3, -0.25) is 0 Å². The number of allylic oxidation sites excluding steroid dienone is 4. The molecule has 0 radical (unpaired) electrons. The first-order valence-electron chi connectivity index (χ1n) is 14.9. The predicted molar refractivity (Wildman–Crippen MR) is 175 cm³/mol. The van der Waals surface area contributed by atoms with Crippen LogP contribution in [0.2, 0.25) is 0 Å². The van der Waals surface area contributed by atoms with Crippen LogP contribution in [0, 0.1) is 0 Å². The summed E-state index contributed by atoms with van der Waals surface area (Å²) in [4.78, 5) is 2.53. The Bertz CT molecular complexity index is 2060. The Morgan fingerprint density at radius 1 is 0.524 bits per heavy atom. The molecule has 1 heteroatoms. The second kappa shape index (κ2) is 8.93. The van der Waals surface area contributed by atoms with Crippen molar-refractivity contribution >= 4 is 22.1 Å². The summed E-state index contributed by atoms with van der Waals surface area (Å²) in [5, 5.41) is 2.54. The van der Waals surface area contributed by atoms with E-state index in [1.54, 1.807) is 0 Å². The smallest absolute Gasteiger partial charge is 0.0760 e. The van der Waals surface area contributed by atoms with E-state index >= 15 is 0 Å². The van der Waals surface area contributed by atoms with E-state index in [0.717, 1.165) is 12.8 Å². The van der Waals surface area contributed by atoms with Crippen LogP contribution in [0.4, 0.5) is 11.4 Å². The highest BCUT2D eigenvalue weighted by molar-refractivity contribution is 5.99. The highest BCUT2D eigenvalue weighted by atomic mass is 15.2. The van der Waals surface area contributed by atoms with Crippen molar-refractivity contribution in [2.24, 2.45) is 0 Å². The summed E-state index contributed by atoms with van der Waals surface area (Å²) in [6.45, 7) is 0. The van der Waals surface area contributed by atoms with E-state index in [4.69, 9.17) is 0 Å². The number of benzene rings is 6. The van der Waals surface area contributed by atoms with Crippen molar-refractivity contribution in [3.63, 3.8) is 0 Å². The molecule has 6 aromatic rings. The summed E-state index contributed by atoms with van der Waals surface area (Å²) in [5.74, 6) is 0. The first-order valence-corrected chi connectivity index (χ1v) is 14.9. The Hall–Kier alpha value is -5.14. The third-order valence-electron chi connectivity index (χ3n) is 9.50. The van der Waals surface area contributed by atoms with Crippen molar-refractivity contribution in [3.8, 4) is 22.3 Å². The van der Waals surface area contributed by atoms with E-state index in [0.29, 0.717) is 0 Å². The van der Waals surface area contributed by atoms with Gasteiger partial charge in [-0.25, -0.2) is 0 Å². The summed E-state index contributed by atoms with van der Waals surface area (Å²) in [6.07, 6.45) is 8.88. The van der Waals surface area contributed by atoms with Gasteiger partial charge in [0, 0.05) is 5.70 Å². The summed E-state index contributed by atoms with van der Waals surface area (Å²) in [6, 6.07) is 49.9. The molecule has 42 heavy (non-hydrogen) atoms. The molecule has 1 heterocycles. The molecule has 3 aliphatic rings. The minimum absolute atomic E-state index is 0.442. The van der Waals surface area contributed by atoms with Gasteiger partial charge in [-0.2, -0.15) is 0 Å². The zero-order valence-corrected chi connectivity index (χ0v) is 23.3. The van der Waals surface area contributed by atoms with Crippen molar-refractivity contribution in [2.75, 3.05) is 4.90 Å². The van der Waals surface area contributed by atoms with Gasteiger partial charge in [-0.05, 0) is 92.4 Å². The Kier molecular flexibility index (Phi) is 5.01. The van der Waals surface area contributed by atoms with E-state index in [9.17, 15) is 0 Å². The van der Waals surface area contributed by atoms with Gasteiger partial charge in [0.25, 0.3) is 0 Å². The Morgan fingerprint density at radius 2 is 1.17 bits per heavy atom. The molecule has 198 valence electrons. The van der Waals surface area contributed by atoms with Gasteiger partial charge in [0.2, 0.25) is 0 Å². The van der Waals surface area contributed by atoms with Crippen molar-refractivity contribution in [1.82, 2.24) is 0 Å². The van der Waals surface area contributed by atoms with Gasteiger partial charge in [-0.15, -0.1) is 0 Å². The van der Waals surface area contributed by atoms with Crippen LogP contribution in [-0.4, -0.2) is 0 Å². The van der Waals surface area contributed by atoms with Crippen LogP contribution in [0.1, 0.15) is 35.1 Å². The molecule has 1 nitrogen and oxygen atoms in total. The third-order valence-corrected chi connectivity index (χ3v) is 9.50. The van der Waals surface area contributed by atoms with Crippen LogP contribution in [0.15, 0.2) is 157 Å². The summed E-state index contributed by atoms with van der Waals surface area (Å²) >= 11 is 0. The molecule has 0 unspecified atom stereocenters. The first kappa shape index (κ1) is 23.6. The predicted octanol–water partition coefficient (Wildman–Crippen LogP) is 10.6. The minimum atomic E-state index is -0.442. The largest absolute Gasteiger partial charge is 0.314 e. The summed E-state index contributed by atoms with van der Waals surface area (Å²) in [5.41, 5.74) is 14.1. The fourth-order valence-electron chi connectivity index (χ4n) is 7.85. The number of nitrogens with zero attached hydrogens (tertiary/aromatic N) is 1. The molecule has 1 spiro atoms. The molecule has 0 saturated heterocycles. The van der Waals surface area contributed by atoms with Crippen molar-refractivity contribution in [3.05, 3.63) is 180 Å². The standard InChI is InChI=1S/C41H29N/c1-2-15-31(16-3-1)42-38-23-10-8-21-36(38)41(37-22-9-11-24-39(37)42)35-20-7-6-17-33(35)34-19-12-18-32(40(34)41)30-26-25-28-13-4-5-14-29(28)27-30/h1-2,4-15,17-27H,3,16H2. The van der Waals surface area contributed by atoms with Crippen molar-refractivity contribution in [1.29, 1.82) is 0 Å². The topological polar surface area (TPSA) is 3.24 Å². The average molecular weight is 536 g/mol. The second-order valence-electron chi connectivity index (χ2n) is 11.6. The van der Waals surface area contributed by atoms with Gasteiger partial charge in [0.15, 0.2) is 0 Å². The molecule has 9 rings (SSSR count). The molecular formula is C41H29N. The van der Waals surface area contributed by atoms with E-state index < -0.39 is 5.41 Å². The van der Waals surface area contributed by atoms with Crippen LogP contribution < -0.4 is 4.90 Å². The maximum atomic E-state index is 2.53. The molecular weight excluding hydrogens is 506 g/mol. The van der Waals surface area contributed by atoms with E-state index in [1.807, 2.05) is 0 Å². The molecule has 6 aromatic carbocycles. The maximum Gasteiger partial charge on any atom is 0.0760 e. The fraction of sp³-hybridized carbons (Fsp3) is 0.0732. The number of fused-ring (bicyclic) bond motifs is 10. The third kappa shape index (κ3) is 3.08. The van der Waals surface area contributed by atoms with E-state index in [1.165, 1.54) is 72.4 Å². The quantitative estimate of drug-likeness (QED) is 0.213. The van der Waals surface area contributed by atoms with Crippen LogP contribution in [0.25, 0.3) is 33.0 Å². The number of hydrogen-bond acceptors (Lipinski definition) is 1. The summed E-state index contributed by atoms with van der Waals surface area (Å²) in [7, 11) is 0.